The molecule has 16 heavy (non-hydrogen) atoms. The number of allylic oxidation sites excluding steroid dienone is 1. The molecule has 0 spiro atoms. The molecular weight excluding hydrogens is 218 g/mol. The van der Waals surface area contributed by atoms with Crippen LogP contribution in [0.5, 0.6) is 0 Å². The molecule has 1 fully saturated rings. The molecule has 1 aromatic rings. The first-order valence-electron chi connectivity index (χ1n) is 6.02. The van der Waals surface area contributed by atoms with Crippen LogP contribution in [0.25, 0.3) is 0 Å². The Hall–Kier alpha value is -0.950. The standard InChI is InChI=1S/C14H18ClN/c15-13-6-8-14(9-7-13)16-11-10-12-4-2-1-3-5-12/h6-10,16H,1-5,11H2. The SMILES string of the molecule is Clc1ccc(NCC=C2CCCCC2)cc1. The number of hydrogen-bond acceptors (Lipinski definition) is 1. The van der Waals surface area contributed by atoms with Crippen LogP contribution < -0.4 is 5.32 Å². The molecule has 0 amide bonds. The minimum Gasteiger partial charge on any atom is -0.382 e. The van der Waals surface area contributed by atoms with Gasteiger partial charge in [-0.1, -0.05) is 29.7 Å². The first kappa shape index (κ1) is 11.5. The zero-order valence-corrected chi connectivity index (χ0v) is 10.3. The fraction of sp³-hybridized carbons (Fsp3) is 0.429. The van der Waals surface area contributed by atoms with Crippen LogP contribution in [-0.2, 0) is 0 Å². The fourth-order valence-electron chi connectivity index (χ4n) is 2.09. The molecule has 0 aromatic heterocycles. The second-order valence-electron chi connectivity index (χ2n) is 4.31. The van der Waals surface area contributed by atoms with E-state index in [1.165, 1.54) is 32.1 Å². The molecule has 1 aliphatic carbocycles. The minimum absolute atomic E-state index is 0.788. The van der Waals surface area contributed by atoms with E-state index in [0.717, 1.165) is 17.3 Å². The quantitative estimate of drug-likeness (QED) is 0.753. The van der Waals surface area contributed by atoms with E-state index in [1.54, 1.807) is 5.57 Å². The van der Waals surface area contributed by atoms with Crippen LogP contribution in [0.4, 0.5) is 5.69 Å². The fourth-order valence-corrected chi connectivity index (χ4v) is 2.22. The Bertz CT molecular complexity index is 346. The summed E-state index contributed by atoms with van der Waals surface area (Å²) in [6.45, 7) is 0.928. The molecule has 0 heterocycles. The zero-order chi connectivity index (χ0) is 11.2. The van der Waals surface area contributed by atoms with Crippen molar-refractivity contribution in [1.29, 1.82) is 0 Å². The van der Waals surface area contributed by atoms with Crippen molar-refractivity contribution in [3.8, 4) is 0 Å². The van der Waals surface area contributed by atoms with Gasteiger partial charge in [-0.3, -0.25) is 0 Å². The molecule has 0 bridgehead atoms. The summed E-state index contributed by atoms with van der Waals surface area (Å²) < 4.78 is 0. The van der Waals surface area contributed by atoms with E-state index in [1.807, 2.05) is 24.3 Å². The molecular formula is C14H18ClN. The van der Waals surface area contributed by atoms with E-state index < -0.39 is 0 Å². The van der Waals surface area contributed by atoms with Crippen molar-refractivity contribution in [2.75, 3.05) is 11.9 Å². The predicted molar refractivity (Wildman–Crippen MR) is 71.1 cm³/mol. The van der Waals surface area contributed by atoms with Crippen molar-refractivity contribution in [2.45, 2.75) is 32.1 Å². The number of hydrogen-bond donors (Lipinski definition) is 1. The molecule has 1 saturated carbocycles. The molecule has 86 valence electrons. The largest absolute Gasteiger partial charge is 0.382 e. The highest BCUT2D eigenvalue weighted by molar-refractivity contribution is 6.30. The van der Waals surface area contributed by atoms with E-state index in [2.05, 4.69) is 11.4 Å². The second-order valence-corrected chi connectivity index (χ2v) is 4.75. The third-order valence-electron chi connectivity index (χ3n) is 3.04. The Balaban J connectivity index is 1.80. The molecule has 0 radical (unpaired) electrons. The monoisotopic (exact) mass is 235 g/mol. The first-order chi connectivity index (χ1) is 7.84. The van der Waals surface area contributed by atoms with Gasteiger partial charge in [0.05, 0.1) is 0 Å². The van der Waals surface area contributed by atoms with Gasteiger partial charge in [-0.05, 0) is 49.9 Å². The molecule has 2 rings (SSSR count). The average molecular weight is 236 g/mol. The number of rotatable bonds is 3. The Morgan fingerprint density at radius 1 is 1.06 bits per heavy atom. The molecule has 1 nitrogen and oxygen atoms in total. The van der Waals surface area contributed by atoms with Gasteiger partial charge in [-0.2, -0.15) is 0 Å². The van der Waals surface area contributed by atoms with Crippen molar-refractivity contribution in [3.63, 3.8) is 0 Å². The molecule has 0 unspecified atom stereocenters. The molecule has 0 aliphatic heterocycles. The van der Waals surface area contributed by atoms with Gasteiger partial charge in [0.15, 0.2) is 0 Å². The molecule has 0 atom stereocenters. The summed E-state index contributed by atoms with van der Waals surface area (Å²) in [6, 6.07) is 7.86. The maximum Gasteiger partial charge on any atom is 0.0407 e. The lowest BCUT2D eigenvalue weighted by Crippen LogP contribution is -2.01. The summed E-state index contributed by atoms with van der Waals surface area (Å²) >= 11 is 5.83. The summed E-state index contributed by atoms with van der Waals surface area (Å²) in [6.07, 6.45) is 9.07. The smallest absolute Gasteiger partial charge is 0.0407 e. The first-order valence-corrected chi connectivity index (χ1v) is 6.40. The zero-order valence-electron chi connectivity index (χ0n) is 9.51. The van der Waals surface area contributed by atoms with Crippen LogP contribution >= 0.6 is 11.6 Å². The lowest BCUT2D eigenvalue weighted by Gasteiger charge is -2.13. The third kappa shape index (κ3) is 3.57. The highest BCUT2D eigenvalue weighted by Gasteiger charge is 2.03. The van der Waals surface area contributed by atoms with Crippen LogP contribution in [0, 0.1) is 0 Å². The third-order valence-corrected chi connectivity index (χ3v) is 3.29. The van der Waals surface area contributed by atoms with E-state index in [0.29, 0.717) is 0 Å². The summed E-state index contributed by atoms with van der Waals surface area (Å²) in [5, 5.41) is 4.17. The minimum atomic E-state index is 0.788. The van der Waals surface area contributed by atoms with Gasteiger partial charge in [0.25, 0.3) is 0 Å². The van der Waals surface area contributed by atoms with Crippen LogP contribution in [0.15, 0.2) is 35.9 Å². The summed E-state index contributed by atoms with van der Waals surface area (Å²) in [7, 11) is 0. The van der Waals surface area contributed by atoms with Gasteiger partial charge < -0.3 is 5.32 Å². The highest BCUT2D eigenvalue weighted by Crippen LogP contribution is 2.22. The maximum absolute atomic E-state index is 5.83. The lowest BCUT2D eigenvalue weighted by atomic mass is 9.95. The van der Waals surface area contributed by atoms with Gasteiger partial charge in [-0.25, -0.2) is 0 Å². The van der Waals surface area contributed by atoms with Gasteiger partial charge in [0.2, 0.25) is 0 Å². The van der Waals surface area contributed by atoms with E-state index in [-0.39, 0.29) is 0 Å². The van der Waals surface area contributed by atoms with Crippen LogP contribution in [0.2, 0.25) is 5.02 Å². The Kier molecular flexibility index (Phi) is 4.29. The normalized spacial score (nSPS) is 15.9. The van der Waals surface area contributed by atoms with Gasteiger partial charge >= 0.3 is 0 Å². The Morgan fingerprint density at radius 3 is 2.44 bits per heavy atom. The van der Waals surface area contributed by atoms with Crippen molar-refractivity contribution in [2.24, 2.45) is 0 Å². The Labute approximate surface area is 103 Å². The van der Waals surface area contributed by atoms with Crippen LogP contribution in [0.1, 0.15) is 32.1 Å². The maximum atomic E-state index is 5.83. The predicted octanol–water partition coefficient (Wildman–Crippen LogP) is 4.64. The second kappa shape index (κ2) is 5.95. The molecule has 1 aromatic carbocycles. The van der Waals surface area contributed by atoms with E-state index in [4.69, 9.17) is 11.6 Å². The van der Waals surface area contributed by atoms with Crippen LogP contribution in [0.3, 0.4) is 0 Å². The lowest BCUT2D eigenvalue weighted by molar-refractivity contribution is 0.597. The van der Waals surface area contributed by atoms with Gasteiger partial charge in [0, 0.05) is 17.3 Å². The number of benzene rings is 1. The van der Waals surface area contributed by atoms with Crippen molar-refractivity contribution >= 4 is 17.3 Å². The number of nitrogens with one attached hydrogen (secondary N) is 1. The van der Waals surface area contributed by atoms with E-state index >= 15 is 0 Å². The average Bonchev–Trinajstić information content (AvgIpc) is 2.33. The summed E-state index contributed by atoms with van der Waals surface area (Å²) in [5.74, 6) is 0. The van der Waals surface area contributed by atoms with E-state index in [9.17, 15) is 0 Å². The highest BCUT2D eigenvalue weighted by atomic mass is 35.5. The van der Waals surface area contributed by atoms with Crippen molar-refractivity contribution in [3.05, 3.63) is 40.9 Å². The summed E-state index contributed by atoms with van der Waals surface area (Å²) in [5.41, 5.74) is 2.75. The number of anilines is 1. The summed E-state index contributed by atoms with van der Waals surface area (Å²) in [4.78, 5) is 0. The molecule has 0 saturated heterocycles. The van der Waals surface area contributed by atoms with Crippen molar-refractivity contribution < 1.29 is 0 Å². The van der Waals surface area contributed by atoms with Gasteiger partial charge in [-0.15, -0.1) is 0 Å². The molecule has 1 N–H and O–H groups in total. The number of halogens is 1. The van der Waals surface area contributed by atoms with Gasteiger partial charge in [0.1, 0.15) is 0 Å². The topological polar surface area (TPSA) is 12.0 Å². The van der Waals surface area contributed by atoms with Crippen molar-refractivity contribution in [1.82, 2.24) is 0 Å². The Morgan fingerprint density at radius 2 is 1.75 bits per heavy atom. The molecule has 1 aliphatic rings. The molecule has 2 heteroatoms. The van der Waals surface area contributed by atoms with Crippen LogP contribution in [-0.4, -0.2) is 6.54 Å².